The molecule has 12 rings (SSSR count). The Balaban J connectivity index is 0.902. The molecule has 3 heterocycles. The predicted octanol–water partition coefficient (Wildman–Crippen LogP) is 11.0. The molecule has 0 spiro atoms. The third kappa shape index (κ3) is 5.70. The minimum absolute atomic E-state index is 0.633. The van der Waals surface area contributed by atoms with Crippen LogP contribution >= 0.6 is 0 Å². The molecule has 0 aliphatic carbocycles. The minimum Gasteiger partial charge on any atom is -0.309 e. The first-order valence-electron chi connectivity index (χ1n) is 21.1. The zero-order valence-corrected chi connectivity index (χ0v) is 34.7. The molecule has 62 heavy (non-hydrogen) atoms. The van der Waals surface area contributed by atoms with Crippen molar-refractivity contribution in [3.8, 4) is 62.1 Å². The Hall–Kier alpha value is -7.99. The van der Waals surface area contributed by atoms with E-state index in [0.29, 0.717) is 17.5 Å². The molecule has 11 aromatic rings. The van der Waals surface area contributed by atoms with Crippen LogP contribution in [0, 0.1) is 0 Å². The fourth-order valence-electron chi connectivity index (χ4n) is 9.75. The zero-order valence-electron chi connectivity index (χ0n) is 33.7. The molecule has 4 nitrogen and oxygen atoms in total. The highest BCUT2D eigenvalue weighted by atomic mass is 28.3. The van der Waals surface area contributed by atoms with Crippen molar-refractivity contribution in [2.45, 2.75) is 0 Å². The van der Waals surface area contributed by atoms with E-state index in [1.54, 1.807) is 0 Å². The zero-order chi connectivity index (χ0) is 41.0. The van der Waals surface area contributed by atoms with Crippen molar-refractivity contribution >= 4 is 50.6 Å². The van der Waals surface area contributed by atoms with Crippen LogP contribution in [0.1, 0.15) is 0 Å². The molecule has 2 aromatic heterocycles. The summed E-state index contributed by atoms with van der Waals surface area (Å²) in [5, 5.41) is 8.18. The van der Waals surface area contributed by atoms with Crippen LogP contribution in [0.25, 0.3) is 83.9 Å². The van der Waals surface area contributed by atoms with Gasteiger partial charge in [0.15, 0.2) is 25.5 Å². The van der Waals surface area contributed by atoms with Crippen LogP contribution in [-0.4, -0.2) is 27.6 Å². The molecule has 0 saturated heterocycles. The van der Waals surface area contributed by atoms with Gasteiger partial charge >= 0.3 is 0 Å². The van der Waals surface area contributed by atoms with Gasteiger partial charge in [0.2, 0.25) is 0 Å². The summed E-state index contributed by atoms with van der Waals surface area (Å²) < 4.78 is 2.33. The molecule has 0 N–H and O–H groups in total. The first-order chi connectivity index (χ1) is 30.7. The molecule has 5 heteroatoms. The van der Waals surface area contributed by atoms with Gasteiger partial charge in [0, 0.05) is 33.2 Å². The molecule has 0 atom stereocenters. The summed E-state index contributed by atoms with van der Waals surface area (Å²) in [5.74, 6) is 1.91. The summed E-state index contributed by atoms with van der Waals surface area (Å²) in [6, 6.07) is 83.1. The molecule has 1 aliphatic rings. The van der Waals surface area contributed by atoms with Crippen LogP contribution in [0.2, 0.25) is 0 Å². The van der Waals surface area contributed by atoms with Gasteiger partial charge in [-0.3, -0.25) is 0 Å². The van der Waals surface area contributed by atoms with Crippen LogP contribution in [0.5, 0.6) is 0 Å². The maximum absolute atomic E-state index is 5.10. The Kier molecular flexibility index (Phi) is 8.47. The molecule has 0 amide bonds. The maximum Gasteiger partial charge on any atom is 0.180 e. The van der Waals surface area contributed by atoms with Crippen molar-refractivity contribution in [1.29, 1.82) is 0 Å². The van der Waals surface area contributed by atoms with Gasteiger partial charge in [-0.15, -0.1) is 0 Å². The highest BCUT2D eigenvalue weighted by Gasteiger charge is 2.48. The van der Waals surface area contributed by atoms with Crippen molar-refractivity contribution in [3.05, 3.63) is 231 Å². The smallest absolute Gasteiger partial charge is 0.180 e. The number of hydrogen-bond acceptors (Lipinski definition) is 3. The first kappa shape index (κ1) is 35.9. The Morgan fingerprint density at radius 2 is 0.661 bits per heavy atom. The summed E-state index contributed by atoms with van der Waals surface area (Å²) in [5.41, 5.74) is 11.3. The van der Waals surface area contributed by atoms with E-state index in [4.69, 9.17) is 15.0 Å². The van der Waals surface area contributed by atoms with Crippen LogP contribution in [0.3, 0.4) is 0 Å². The Morgan fingerprint density at radius 1 is 0.290 bits per heavy atom. The van der Waals surface area contributed by atoms with E-state index in [0.717, 1.165) is 27.9 Å². The Bertz CT molecular complexity index is 3330. The quantitative estimate of drug-likeness (QED) is 0.151. The van der Waals surface area contributed by atoms with Crippen molar-refractivity contribution < 1.29 is 0 Å². The highest BCUT2D eigenvalue weighted by molar-refractivity contribution is 7.22. The summed E-state index contributed by atoms with van der Waals surface area (Å²) in [7, 11) is -2.53. The second kappa shape index (κ2) is 14.6. The minimum atomic E-state index is -2.53. The lowest BCUT2D eigenvalue weighted by atomic mass is 10.0. The number of fused-ring (bicyclic) bond motifs is 6. The summed E-state index contributed by atoms with van der Waals surface area (Å²) in [6.45, 7) is 0. The molecule has 0 saturated carbocycles. The molecule has 290 valence electrons. The summed E-state index contributed by atoms with van der Waals surface area (Å²) in [4.78, 5) is 15.2. The Morgan fingerprint density at radius 3 is 1.19 bits per heavy atom. The van der Waals surface area contributed by atoms with Gasteiger partial charge in [-0.25, -0.2) is 15.0 Å². The van der Waals surface area contributed by atoms with Crippen LogP contribution in [0.4, 0.5) is 0 Å². The average Bonchev–Trinajstić information content (AvgIpc) is 3.86. The van der Waals surface area contributed by atoms with E-state index in [2.05, 4.69) is 217 Å². The van der Waals surface area contributed by atoms with E-state index in [9.17, 15) is 0 Å². The van der Waals surface area contributed by atoms with E-state index in [1.165, 1.54) is 59.2 Å². The Labute approximate surface area is 361 Å². The number of aromatic nitrogens is 4. The van der Waals surface area contributed by atoms with E-state index in [1.807, 2.05) is 18.2 Å². The van der Waals surface area contributed by atoms with Gasteiger partial charge in [0.25, 0.3) is 0 Å². The molecule has 0 fully saturated rings. The number of benzene rings is 9. The van der Waals surface area contributed by atoms with Gasteiger partial charge in [0.1, 0.15) is 0 Å². The van der Waals surface area contributed by atoms with Gasteiger partial charge in [-0.05, 0) is 79.4 Å². The van der Waals surface area contributed by atoms with Gasteiger partial charge in [0.05, 0.1) is 11.0 Å². The fraction of sp³-hybridized carbons (Fsp3) is 0. The molecule has 0 bridgehead atoms. The second-order valence-corrected chi connectivity index (χ2v) is 19.7. The van der Waals surface area contributed by atoms with Gasteiger partial charge in [-0.2, -0.15) is 0 Å². The third-order valence-corrected chi connectivity index (χ3v) is 17.5. The van der Waals surface area contributed by atoms with Gasteiger partial charge in [-0.1, -0.05) is 194 Å². The lowest BCUT2D eigenvalue weighted by Gasteiger charge is -2.31. The fourth-order valence-corrected chi connectivity index (χ4v) is 14.9. The van der Waals surface area contributed by atoms with Crippen molar-refractivity contribution in [3.63, 3.8) is 0 Å². The van der Waals surface area contributed by atoms with Crippen molar-refractivity contribution in [2.75, 3.05) is 0 Å². The number of nitrogens with zero attached hydrogens (tertiary/aromatic N) is 4. The van der Waals surface area contributed by atoms with E-state index in [-0.39, 0.29) is 0 Å². The molecule has 0 radical (unpaired) electrons. The SMILES string of the molecule is c1ccc(-c2nc(-c3ccc(-c4ccc([Si]5(c6ccccc6)c6ccccc6-c6ccccc65)cc4)cc3)nc(-c3ccc(-n4c5ccccc5c5ccccc54)cc3)n2)cc1. The van der Waals surface area contributed by atoms with E-state index < -0.39 is 8.07 Å². The number of para-hydroxylation sites is 2. The van der Waals surface area contributed by atoms with Gasteiger partial charge < -0.3 is 4.57 Å². The number of hydrogen-bond donors (Lipinski definition) is 0. The monoisotopic (exact) mass is 806 g/mol. The van der Waals surface area contributed by atoms with Crippen LogP contribution in [-0.2, 0) is 0 Å². The molecule has 1 aliphatic heterocycles. The molecule has 0 unspecified atom stereocenters. The average molecular weight is 807 g/mol. The third-order valence-electron chi connectivity index (χ3n) is 12.6. The molecular formula is C57H38N4Si. The maximum atomic E-state index is 5.10. The second-order valence-electron chi connectivity index (χ2n) is 16.0. The first-order valence-corrected chi connectivity index (χ1v) is 23.1. The largest absolute Gasteiger partial charge is 0.309 e. The van der Waals surface area contributed by atoms with Crippen LogP contribution in [0.15, 0.2) is 231 Å². The van der Waals surface area contributed by atoms with E-state index >= 15 is 0 Å². The topological polar surface area (TPSA) is 43.6 Å². The van der Waals surface area contributed by atoms with Crippen LogP contribution < -0.4 is 20.7 Å². The lowest BCUT2D eigenvalue weighted by Crippen LogP contribution is -2.72. The highest BCUT2D eigenvalue weighted by Crippen LogP contribution is 2.34. The summed E-state index contributed by atoms with van der Waals surface area (Å²) >= 11 is 0. The van der Waals surface area contributed by atoms with Crippen molar-refractivity contribution in [1.82, 2.24) is 19.5 Å². The summed E-state index contributed by atoms with van der Waals surface area (Å²) in [6.07, 6.45) is 0. The normalized spacial score (nSPS) is 12.6. The predicted molar refractivity (Wildman–Crippen MR) is 259 cm³/mol. The molecular weight excluding hydrogens is 769 g/mol. The van der Waals surface area contributed by atoms with Crippen molar-refractivity contribution in [2.24, 2.45) is 0 Å². The molecule has 9 aromatic carbocycles. The standard InChI is InChI=1S/C57H38N4Si/c1-3-15-41(16-4-1)55-58-56(60-57(59-55)43-31-35-44(36-32-43)61-51-23-11-7-19-47(51)48-20-8-12-24-52(48)61)42-29-27-39(28-30-42)40-33-37-46(38-34-40)62(45-17-5-2-6-18-45)53-25-13-9-21-49(53)50-22-10-14-26-54(50)62/h1-38H. The number of rotatable bonds is 7. The lowest BCUT2D eigenvalue weighted by molar-refractivity contribution is 1.07.